The van der Waals surface area contributed by atoms with E-state index in [9.17, 15) is 0 Å². The van der Waals surface area contributed by atoms with Gasteiger partial charge in [0.2, 0.25) is 0 Å². The molecule has 0 radical (unpaired) electrons. The predicted molar refractivity (Wildman–Crippen MR) is 50.5 cm³/mol. The molecule has 0 unspecified atom stereocenters. The van der Waals surface area contributed by atoms with Crippen LogP contribution in [-0.4, -0.2) is 0 Å². The Hall–Kier alpha value is -0.560. The largest absolute Gasteiger partial charge is 0.0806 e. The fourth-order valence-electron chi connectivity index (χ4n) is 1.08. The van der Waals surface area contributed by atoms with E-state index in [0.29, 0.717) is 0 Å². The molecule has 1 aliphatic rings. The standard InChI is InChI=1S/C10H9Br/c11-10-5-3-9(4-6-10)7-8-1-2-8/h1,3-6H,2,7H2. The maximum atomic E-state index is 3.41. The zero-order chi connectivity index (χ0) is 7.68. The van der Waals surface area contributed by atoms with Crippen LogP contribution in [0.3, 0.4) is 0 Å². The smallest absolute Gasteiger partial charge is 0.0175 e. The summed E-state index contributed by atoms with van der Waals surface area (Å²) in [6.45, 7) is 0. The highest BCUT2D eigenvalue weighted by Crippen LogP contribution is 2.23. The molecular formula is C10H9Br. The Morgan fingerprint density at radius 3 is 2.36 bits per heavy atom. The van der Waals surface area contributed by atoms with Crippen LogP contribution < -0.4 is 0 Å². The van der Waals surface area contributed by atoms with Crippen LogP contribution in [0.4, 0.5) is 0 Å². The summed E-state index contributed by atoms with van der Waals surface area (Å²) in [6, 6.07) is 8.53. The van der Waals surface area contributed by atoms with Gasteiger partial charge in [0.25, 0.3) is 0 Å². The number of rotatable bonds is 2. The molecule has 0 heterocycles. The average Bonchev–Trinajstić information content (AvgIpc) is 2.78. The molecule has 1 aromatic carbocycles. The molecule has 0 aromatic heterocycles. The highest BCUT2D eigenvalue weighted by atomic mass is 79.9. The van der Waals surface area contributed by atoms with E-state index in [0.717, 1.165) is 10.9 Å². The van der Waals surface area contributed by atoms with E-state index in [4.69, 9.17) is 0 Å². The zero-order valence-corrected chi connectivity index (χ0v) is 7.76. The molecular weight excluding hydrogens is 200 g/mol. The van der Waals surface area contributed by atoms with Crippen LogP contribution in [0.5, 0.6) is 0 Å². The monoisotopic (exact) mass is 208 g/mol. The van der Waals surface area contributed by atoms with Crippen molar-refractivity contribution in [3.05, 3.63) is 46.0 Å². The van der Waals surface area contributed by atoms with Crippen LogP contribution in [-0.2, 0) is 6.42 Å². The Morgan fingerprint density at radius 1 is 1.18 bits per heavy atom. The lowest BCUT2D eigenvalue weighted by atomic mass is 10.1. The number of hydrogen-bond donors (Lipinski definition) is 0. The Balaban J connectivity index is 2.12. The van der Waals surface area contributed by atoms with Crippen molar-refractivity contribution in [3.63, 3.8) is 0 Å². The van der Waals surface area contributed by atoms with Crippen molar-refractivity contribution in [1.82, 2.24) is 0 Å². The molecule has 0 bridgehead atoms. The minimum absolute atomic E-state index is 1.15. The van der Waals surface area contributed by atoms with Gasteiger partial charge in [0.1, 0.15) is 0 Å². The third-order valence-corrected chi connectivity index (χ3v) is 2.37. The van der Waals surface area contributed by atoms with Crippen molar-refractivity contribution >= 4 is 15.9 Å². The van der Waals surface area contributed by atoms with Crippen LogP contribution in [0.2, 0.25) is 0 Å². The van der Waals surface area contributed by atoms with Gasteiger partial charge in [0.15, 0.2) is 0 Å². The number of benzene rings is 1. The van der Waals surface area contributed by atoms with E-state index >= 15 is 0 Å². The van der Waals surface area contributed by atoms with Crippen LogP contribution in [0.1, 0.15) is 12.0 Å². The van der Waals surface area contributed by atoms with Gasteiger partial charge in [-0.2, -0.15) is 0 Å². The molecule has 0 N–H and O–H groups in total. The molecule has 0 atom stereocenters. The first kappa shape index (κ1) is 7.11. The van der Waals surface area contributed by atoms with Crippen molar-refractivity contribution in [2.24, 2.45) is 0 Å². The van der Waals surface area contributed by atoms with Gasteiger partial charge in [-0.3, -0.25) is 0 Å². The van der Waals surface area contributed by atoms with Gasteiger partial charge in [-0.15, -0.1) is 0 Å². The average molecular weight is 209 g/mol. The molecule has 2 rings (SSSR count). The third kappa shape index (κ3) is 1.93. The SMILES string of the molecule is Brc1ccc(CC2=CC2)cc1. The van der Waals surface area contributed by atoms with E-state index in [1.165, 1.54) is 12.0 Å². The Morgan fingerprint density at radius 2 is 1.82 bits per heavy atom. The van der Waals surface area contributed by atoms with Gasteiger partial charge in [0.05, 0.1) is 0 Å². The van der Waals surface area contributed by atoms with Gasteiger partial charge in [-0.25, -0.2) is 0 Å². The third-order valence-electron chi connectivity index (χ3n) is 1.84. The number of allylic oxidation sites excluding steroid dienone is 2. The van der Waals surface area contributed by atoms with Crippen molar-refractivity contribution in [3.8, 4) is 0 Å². The first-order chi connectivity index (χ1) is 5.34. The fraction of sp³-hybridized carbons (Fsp3) is 0.200. The topological polar surface area (TPSA) is 0 Å². The van der Waals surface area contributed by atoms with E-state index in [-0.39, 0.29) is 0 Å². The normalized spacial score (nSPS) is 14.5. The number of hydrogen-bond acceptors (Lipinski definition) is 0. The first-order valence-electron chi connectivity index (χ1n) is 3.77. The summed E-state index contributed by atoms with van der Waals surface area (Å²) >= 11 is 3.41. The molecule has 11 heavy (non-hydrogen) atoms. The molecule has 0 fully saturated rings. The summed E-state index contributed by atoms with van der Waals surface area (Å²) in [6.07, 6.45) is 4.66. The molecule has 1 aromatic rings. The van der Waals surface area contributed by atoms with Crippen LogP contribution >= 0.6 is 15.9 Å². The molecule has 56 valence electrons. The molecule has 0 saturated carbocycles. The summed E-state index contributed by atoms with van der Waals surface area (Å²) in [4.78, 5) is 0. The first-order valence-corrected chi connectivity index (χ1v) is 4.56. The maximum absolute atomic E-state index is 3.41. The second-order valence-electron chi connectivity index (χ2n) is 2.87. The summed E-state index contributed by atoms with van der Waals surface area (Å²) in [5.74, 6) is 0. The van der Waals surface area contributed by atoms with Crippen molar-refractivity contribution < 1.29 is 0 Å². The second-order valence-corrected chi connectivity index (χ2v) is 3.79. The quantitative estimate of drug-likeness (QED) is 0.655. The molecule has 0 spiro atoms. The molecule has 1 heteroatoms. The van der Waals surface area contributed by atoms with Crippen LogP contribution in [0.15, 0.2) is 40.4 Å². The zero-order valence-electron chi connectivity index (χ0n) is 6.18. The maximum Gasteiger partial charge on any atom is 0.0175 e. The van der Waals surface area contributed by atoms with Crippen molar-refractivity contribution in [2.75, 3.05) is 0 Å². The lowest BCUT2D eigenvalue weighted by molar-refractivity contribution is 1.19. The van der Waals surface area contributed by atoms with E-state index in [2.05, 4.69) is 46.3 Å². The Bertz CT molecular complexity index is 282. The van der Waals surface area contributed by atoms with Crippen molar-refractivity contribution in [1.29, 1.82) is 0 Å². The van der Waals surface area contributed by atoms with Crippen LogP contribution in [0.25, 0.3) is 0 Å². The minimum atomic E-state index is 1.15. The molecule has 1 aliphatic carbocycles. The number of halogens is 1. The van der Waals surface area contributed by atoms with Gasteiger partial charge in [-0.05, 0) is 30.5 Å². The van der Waals surface area contributed by atoms with Gasteiger partial charge in [0, 0.05) is 4.47 Å². The highest BCUT2D eigenvalue weighted by molar-refractivity contribution is 9.10. The highest BCUT2D eigenvalue weighted by Gasteiger charge is 2.06. The van der Waals surface area contributed by atoms with Gasteiger partial charge >= 0.3 is 0 Å². The lowest BCUT2D eigenvalue weighted by Gasteiger charge is -1.96. The van der Waals surface area contributed by atoms with Crippen molar-refractivity contribution in [2.45, 2.75) is 12.8 Å². The van der Waals surface area contributed by atoms with Crippen LogP contribution in [0, 0.1) is 0 Å². The minimum Gasteiger partial charge on any atom is -0.0806 e. The van der Waals surface area contributed by atoms with E-state index in [1.54, 1.807) is 5.57 Å². The molecule has 0 saturated heterocycles. The second kappa shape index (κ2) is 2.82. The predicted octanol–water partition coefficient (Wildman–Crippen LogP) is 3.32. The molecule has 0 aliphatic heterocycles. The fourth-order valence-corrected chi connectivity index (χ4v) is 1.35. The Labute approximate surface area is 75.1 Å². The summed E-state index contributed by atoms with van der Waals surface area (Å²) in [5.41, 5.74) is 2.99. The lowest BCUT2D eigenvalue weighted by Crippen LogP contribution is -1.80. The van der Waals surface area contributed by atoms with Gasteiger partial charge < -0.3 is 0 Å². The summed E-state index contributed by atoms with van der Waals surface area (Å²) < 4.78 is 1.16. The van der Waals surface area contributed by atoms with E-state index in [1.807, 2.05) is 0 Å². The summed E-state index contributed by atoms with van der Waals surface area (Å²) in [7, 11) is 0. The summed E-state index contributed by atoms with van der Waals surface area (Å²) in [5, 5.41) is 0. The van der Waals surface area contributed by atoms with Gasteiger partial charge in [-0.1, -0.05) is 39.7 Å². The Kier molecular flexibility index (Phi) is 1.82. The molecule has 0 nitrogen and oxygen atoms in total. The van der Waals surface area contributed by atoms with E-state index < -0.39 is 0 Å². The molecule has 0 amide bonds.